The summed E-state index contributed by atoms with van der Waals surface area (Å²) < 4.78 is 0. The van der Waals surface area contributed by atoms with Gasteiger partial charge in [0, 0.05) is 0 Å². The maximum absolute atomic E-state index is 11.5. The van der Waals surface area contributed by atoms with E-state index in [0.29, 0.717) is 16.2 Å². The summed E-state index contributed by atoms with van der Waals surface area (Å²) in [7, 11) is 0. The average molecular weight is 391 g/mol. The van der Waals surface area contributed by atoms with Crippen molar-refractivity contribution >= 4 is 0 Å². The average Bonchev–Trinajstić information content (AvgIpc) is 2.61. The Labute approximate surface area is 176 Å². The molecule has 29 heavy (non-hydrogen) atoms. The summed E-state index contributed by atoms with van der Waals surface area (Å²) in [6.45, 7) is 4.57. The normalized spacial score (nSPS) is 54.3. The van der Waals surface area contributed by atoms with Crippen molar-refractivity contribution in [1.82, 2.24) is 0 Å². The smallest absolute Gasteiger partial charge is 0.0658 e. The fourth-order valence-corrected chi connectivity index (χ4v) is 11.1. The lowest BCUT2D eigenvalue weighted by Gasteiger charge is -2.73. The summed E-state index contributed by atoms with van der Waals surface area (Å²) in [5.74, 6) is 3.54. The molecule has 0 aromatic heterocycles. The van der Waals surface area contributed by atoms with Crippen LogP contribution < -0.4 is 0 Å². The number of benzene rings is 1. The van der Waals surface area contributed by atoms with Crippen molar-refractivity contribution < 1.29 is 5.11 Å². The van der Waals surface area contributed by atoms with Crippen molar-refractivity contribution in [2.45, 2.75) is 102 Å². The van der Waals surface area contributed by atoms with Crippen LogP contribution in [0.25, 0.3) is 0 Å². The Morgan fingerprint density at radius 1 is 0.690 bits per heavy atom. The molecule has 1 N–H and O–H groups in total. The Kier molecular flexibility index (Phi) is 3.27. The minimum Gasteiger partial charge on any atom is -0.390 e. The highest BCUT2D eigenvalue weighted by Gasteiger charge is 2.69. The van der Waals surface area contributed by atoms with Gasteiger partial charge in [-0.05, 0) is 148 Å². The van der Waals surface area contributed by atoms with Crippen molar-refractivity contribution in [2.75, 3.05) is 0 Å². The summed E-state index contributed by atoms with van der Waals surface area (Å²) in [5, 5.41) is 11.5. The van der Waals surface area contributed by atoms with E-state index in [1.54, 1.807) is 5.56 Å². The largest absolute Gasteiger partial charge is 0.390 e. The molecule has 1 aromatic carbocycles. The third kappa shape index (κ3) is 2.27. The minimum atomic E-state index is -0.305. The van der Waals surface area contributed by atoms with E-state index < -0.39 is 0 Å². The second-order valence-corrected chi connectivity index (χ2v) is 13.3. The maximum Gasteiger partial charge on any atom is 0.0658 e. The number of hydrogen-bond donors (Lipinski definition) is 1. The zero-order valence-corrected chi connectivity index (χ0v) is 18.5. The molecular weight excluding hydrogens is 352 g/mol. The second-order valence-electron chi connectivity index (χ2n) is 13.3. The lowest BCUT2D eigenvalue weighted by atomic mass is 9.32. The molecule has 9 rings (SSSR count). The van der Waals surface area contributed by atoms with Gasteiger partial charge in [0.25, 0.3) is 0 Å². The van der Waals surface area contributed by atoms with Crippen LogP contribution in [-0.2, 0) is 5.41 Å². The predicted octanol–water partition coefficient (Wildman–Crippen LogP) is 6.47. The fourth-order valence-electron chi connectivity index (χ4n) is 11.1. The van der Waals surface area contributed by atoms with Crippen LogP contribution in [0.15, 0.2) is 18.2 Å². The molecule has 0 amide bonds. The number of aliphatic hydroxyl groups is 1. The minimum absolute atomic E-state index is 0.305. The van der Waals surface area contributed by atoms with Crippen LogP contribution in [0.4, 0.5) is 0 Å². The molecule has 4 atom stereocenters. The zero-order valence-electron chi connectivity index (χ0n) is 18.5. The van der Waals surface area contributed by atoms with Crippen LogP contribution in [0.5, 0.6) is 0 Å². The monoisotopic (exact) mass is 390 g/mol. The summed E-state index contributed by atoms with van der Waals surface area (Å²) in [4.78, 5) is 0. The predicted molar refractivity (Wildman–Crippen MR) is 117 cm³/mol. The van der Waals surface area contributed by atoms with Gasteiger partial charge < -0.3 is 5.11 Å². The van der Waals surface area contributed by atoms with Crippen molar-refractivity contribution in [3.8, 4) is 0 Å². The molecule has 0 spiro atoms. The van der Waals surface area contributed by atoms with Crippen LogP contribution in [0.2, 0.25) is 0 Å². The molecule has 1 nitrogen and oxygen atoms in total. The highest BCUT2D eigenvalue weighted by atomic mass is 16.3. The molecule has 0 aliphatic heterocycles. The van der Waals surface area contributed by atoms with Crippen LogP contribution >= 0.6 is 0 Å². The number of aryl methyl sites for hydroxylation is 2. The first-order chi connectivity index (χ1) is 13.8. The molecule has 156 valence electrons. The van der Waals surface area contributed by atoms with Gasteiger partial charge in [-0.3, -0.25) is 0 Å². The van der Waals surface area contributed by atoms with Crippen molar-refractivity contribution in [1.29, 1.82) is 0 Å². The van der Waals surface area contributed by atoms with Gasteiger partial charge in [0.2, 0.25) is 0 Å². The first-order valence-corrected chi connectivity index (χ1v) is 12.6. The van der Waals surface area contributed by atoms with Crippen molar-refractivity contribution in [2.24, 2.45) is 34.5 Å². The quantitative estimate of drug-likeness (QED) is 0.613. The molecule has 8 bridgehead atoms. The molecule has 0 radical (unpaired) electrons. The summed E-state index contributed by atoms with van der Waals surface area (Å²) in [6.07, 6.45) is 16.5. The third-order valence-electron chi connectivity index (χ3n) is 11.3. The Morgan fingerprint density at radius 3 is 1.79 bits per heavy atom. The van der Waals surface area contributed by atoms with E-state index in [1.807, 2.05) is 0 Å². The van der Waals surface area contributed by atoms with E-state index in [4.69, 9.17) is 0 Å². The van der Waals surface area contributed by atoms with Gasteiger partial charge in [-0.1, -0.05) is 18.2 Å². The van der Waals surface area contributed by atoms with E-state index >= 15 is 0 Å². The van der Waals surface area contributed by atoms with Crippen molar-refractivity contribution in [3.05, 3.63) is 34.9 Å². The van der Waals surface area contributed by atoms with Gasteiger partial charge in [-0.15, -0.1) is 0 Å². The Morgan fingerprint density at radius 2 is 1.24 bits per heavy atom. The lowest BCUT2D eigenvalue weighted by molar-refractivity contribution is -0.244. The first-order valence-electron chi connectivity index (χ1n) is 12.6. The fraction of sp³-hybridized carbons (Fsp3) is 0.786. The number of hydrogen-bond acceptors (Lipinski definition) is 1. The molecule has 0 heterocycles. The third-order valence-corrected chi connectivity index (χ3v) is 11.3. The SMILES string of the molecule is Cc1ccc(C23CC4CC(C2)CC(C25CC6CC(CC(O)(C6)C2)C5)(C4)C3)cc1C. The summed E-state index contributed by atoms with van der Waals surface area (Å²) in [6, 6.07) is 7.45. The van der Waals surface area contributed by atoms with E-state index in [0.717, 1.165) is 42.9 Å². The standard InChI is InChI=1S/C28H38O/c1-18-3-4-24(5-19(18)2)25-8-20-6-21(9-25)11-26(10-20,16-25)27-12-22-7-23(13-27)15-28(29,14-22)17-27/h3-5,20-23,29H,6-17H2,1-2H3. The topological polar surface area (TPSA) is 20.2 Å². The molecular formula is C28H38O. The van der Waals surface area contributed by atoms with E-state index in [9.17, 15) is 5.11 Å². The summed E-state index contributed by atoms with van der Waals surface area (Å²) >= 11 is 0. The van der Waals surface area contributed by atoms with E-state index in [2.05, 4.69) is 32.0 Å². The van der Waals surface area contributed by atoms with Gasteiger partial charge in [0.15, 0.2) is 0 Å². The molecule has 8 saturated carbocycles. The Balaban J connectivity index is 1.34. The molecule has 8 fully saturated rings. The highest BCUT2D eigenvalue weighted by Crippen LogP contribution is 2.77. The van der Waals surface area contributed by atoms with Gasteiger partial charge in [-0.2, -0.15) is 0 Å². The molecule has 1 heteroatoms. The lowest BCUT2D eigenvalue weighted by Crippen LogP contribution is -2.66. The van der Waals surface area contributed by atoms with Crippen LogP contribution in [0.1, 0.15) is 93.7 Å². The van der Waals surface area contributed by atoms with Gasteiger partial charge in [0.05, 0.1) is 5.60 Å². The van der Waals surface area contributed by atoms with Crippen molar-refractivity contribution in [3.63, 3.8) is 0 Å². The van der Waals surface area contributed by atoms with Crippen LogP contribution in [-0.4, -0.2) is 10.7 Å². The van der Waals surface area contributed by atoms with E-state index in [-0.39, 0.29) is 5.60 Å². The molecule has 1 aromatic rings. The molecule has 8 aliphatic rings. The van der Waals surface area contributed by atoms with Gasteiger partial charge in [0.1, 0.15) is 0 Å². The molecule has 4 unspecified atom stereocenters. The van der Waals surface area contributed by atoms with Crippen LogP contribution in [0, 0.1) is 48.3 Å². The van der Waals surface area contributed by atoms with E-state index in [1.165, 1.54) is 68.9 Å². The second kappa shape index (κ2) is 5.32. The number of rotatable bonds is 2. The van der Waals surface area contributed by atoms with Gasteiger partial charge >= 0.3 is 0 Å². The maximum atomic E-state index is 11.5. The highest BCUT2D eigenvalue weighted by molar-refractivity contribution is 5.38. The Hall–Kier alpha value is -0.820. The van der Waals surface area contributed by atoms with Gasteiger partial charge in [-0.25, -0.2) is 0 Å². The summed E-state index contributed by atoms with van der Waals surface area (Å²) in [5.41, 5.74) is 5.72. The van der Waals surface area contributed by atoms with Crippen LogP contribution in [0.3, 0.4) is 0 Å². The molecule has 8 aliphatic carbocycles. The zero-order chi connectivity index (χ0) is 19.6. The first kappa shape index (κ1) is 17.8. The molecule has 0 saturated heterocycles. The Bertz CT molecular complexity index is 852.